The molecule has 0 spiro atoms. The lowest BCUT2D eigenvalue weighted by Gasteiger charge is -2.14. The van der Waals surface area contributed by atoms with Crippen molar-refractivity contribution in [2.24, 2.45) is 0 Å². The van der Waals surface area contributed by atoms with Gasteiger partial charge in [-0.1, -0.05) is 0 Å². The third-order valence-corrected chi connectivity index (χ3v) is 3.27. The second-order valence-corrected chi connectivity index (χ2v) is 4.97. The van der Waals surface area contributed by atoms with E-state index in [1.54, 1.807) is 0 Å². The molecular weight excluding hydrogens is 298 g/mol. The number of hydrogen-bond donors (Lipinski definition) is 1. The number of aliphatic carboxylic acids is 1. The van der Waals surface area contributed by atoms with E-state index in [0.29, 0.717) is 6.42 Å². The first-order valence-corrected chi connectivity index (χ1v) is 6.34. The molecule has 2 aromatic rings. The van der Waals surface area contributed by atoms with Crippen molar-refractivity contribution in [1.29, 1.82) is 0 Å². The van der Waals surface area contributed by atoms with Gasteiger partial charge in [0.15, 0.2) is 0 Å². The predicted octanol–water partition coefficient (Wildman–Crippen LogP) is 2.18. The van der Waals surface area contributed by atoms with Crippen LogP contribution in [0.1, 0.15) is 12.2 Å². The highest BCUT2D eigenvalue weighted by atomic mass is 79.9. The number of carboxylic acid groups (broad SMARTS) is 1. The van der Waals surface area contributed by atoms with Crippen molar-refractivity contribution in [3.63, 3.8) is 0 Å². The normalized spacial score (nSPS) is 10.8. The Kier molecular flexibility index (Phi) is 3.56. The van der Waals surface area contributed by atoms with Crippen molar-refractivity contribution in [2.45, 2.75) is 12.8 Å². The van der Waals surface area contributed by atoms with Crippen LogP contribution < -0.4 is 4.90 Å². The first-order valence-electron chi connectivity index (χ1n) is 5.55. The van der Waals surface area contributed by atoms with E-state index in [2.05, 4.69) is 20.9 Å². The van der Waals surface area contributed by atoms with Crippen LogP contribution in [0.3, 0.4) is 0 Å². The lowest BCUT2D eigenvalue weighted by molar-refractivity contribution is -0.137. The zero-order valence-electron chi connectivity index (χ0n) is 10.2. The third kappa shape index (κ3) is 2.33. The number of hydrogen-bond acceptors (Lipinski definition) is 3. The van der Waals surface area contributed by atoms with Crippen LogP contribution in [0.15, 0.2) is 22.9 Å². The van der Waals surface area contributed by atoms with Gasteiger partial charge >= 0.3 is 5.97 Å². The molecule has 0 atom stereocenters. The highest BCUT2D eigenvalue weighted by Gasteiger charge is 2.14. The number of imidazole rings is 1. The third-order valence-electron chi connectivity index (χ3n) is 2.72. The lowest BCUT2D eigenvalue weighted by Crippen LogP contribution is -2.10. The minimum absolute atomic E-state index is 0.0811. The van der Waals surface area contributed by atoms with Gasteiger partial charge in [0.25, 0.3) is 0 Å². The van der Waals surface area contributed by atoms with Gasteiger partial charge in [0.05, 0.1) is 12.1 Å². The Morgan fingerprint density at radius 3 is 2.89 bits per heavy atom. The molecule has 0 aliphatic heterocycles. The fraction of sp³-hybridized carbons (Fsp3) is 0.333. The van der Waals surface area contributed by atoms with Crippen LogP contribution in [0.5, 0.6) is 0 Å². The molecule has 0 fully saturated rings. The van der Waals surface area contributed by atoms with Crippen LogP contribution in [0.2, 0.25) is 0 Å². The molecule has 0 unspecified atom stereocenters. The lowest BCUT2D eigenvalue weighted by atomic mass is 10.3. The number of fused-ring (bicyclic) bond motifs is 1. The van der Waals surface area contributed by atoms with Gasteiger partial charge < -0.3 is 14.4 Å². The minimum atomic E-state index is -0.813. The number of aromatic nitrogens is 2. The molecular formula is C12H14BrN3O2. The molecule has 0 saturated heterocycles. The quantitative estimate of drug-likeness (QED) is 0.940. The highest BCUT2D eigenvalue weighted by molar-refractivity contribution is 9.10. The second kappa shape index (κ2) is 4.97. The Hall–Kier alpha value is -1.56. The molecule has 0 radical (unpaired) electrons. The van der Waals surface area contributed by atoms with Crippen LogP contribution in [0.25, 0.3) is 5.52 Å². The number of anilines is 1. The van der Waals surface area contributed by atoms with Crippen molar-refractivity contribution in [3.8, 4) is 0 Å². The number of pyridine rings is 1. The van der Waals surface area contributed by atoms with Gasteiger partial charge in [0.1, 0.15) is 15.9 Å². The zero-order chi connectivity index (χ0) is 13.3. The second-order valence-electron chi connectivity index (χ2n) is 4.22. The van der Waals surface area contributed by atoms with E-state index in [0.717, 1.165) is 21.6 Å². The SMILES string of the molecule is CN(C)c1cccn2c(CCC(=O)O)nc(Br)c12. The molecule has 2 rings (SSSR count). The minimum Gasteiger partial charge on any atom is -0.481 e. The van der Waals surface area contributed by atoms with Crippen molar-refractivity contribution >= 4 is 33.1 Å². The number of nitrogens with zero attached hydrogens (tertiary/aromatic N) is 3. The van der Waals surface area contributed by atoms with Crippen LogP contribution >= 0.6 is 15.9 Å². The Bertz CT molecular complexity index is 592. The summed E-state index contributed by atoms with van der Waals surface area (Å²) in [7, 11) is 3.93. The van der Waals surface area contributed by atoms with E-state index in [1.165, 1.54) is 0 Å². The molecule has 0 bridgehead atoms. The van der Waals surface area contributed by atoms with Gasteiger partial charge in [0, 0.05) is 26.7 Å². The molecule has 2 heterocycles. The zero-order valence-corrected chi connectivity index (χ0v) is 11.8. The summed E-state index contributed by atoms with van der Waals surface area (Å²) in [5.74, 6) is -0.0605. The van der Waals surface area contributed by atoms with E-state index in [1.807, 2.05) is 41.7 Å². The summed E-state index contributed by atoms with van der Waals surface area (Å²) in [5.41, 5.74) is 2.00. The van der Waals surface area contributed by atoms with Crippen molar-refractivity contribution in [2.75, 3.05) is 19.0 Å². The van der Waals surface area contributed by atoms with Crippen molar-refractivity contribution in [1.82, 2.24) is 9.38 Å². The maximum absolute atomic E-state index is 10.6. The largest absolute Gasteiger partial charge is 0.481 e. The molecule has 0 aliphatic rings. The standard InChI is InChI=1S/C12H14BrN3O2/c1-15(2)8-4-3-7-16-9(5-6-10(17)18)14-12(13)11(8)16/h3-4,7H,5-6H2,1-2H3,(H,17,18). The molecule has 0 aromatic carbocycles. The first-order chi connectivity index (χ1) is 8.50. The summed E-state index contributed by atoms with van der Waals surface area (Å²) >= 11 is 3.44. The maximum Gasteiger partial charge on any atom is 0.303 e. The molecule has 6 heteroatoms. The molecule has 0 aliphatic carbocycles. The molecule has 18 heavy (non-hydrogen) atoms. The van der Waals surface area contributed by atoms with Gasteiger partial charge in [0.2, 0.25) is 0 Å². The monoisotopic (exact) mass is 311 g/mol. The van der Waals surface area contributed by atoms with Gasteiger partial charge in [-0.25, -0.2) is 4.98 Å². The highest BCUT2D eigenvalue weighted by Crippen LogP contribution is 2.28. The summed E-state index contributed by atoms with van der Waals surface area (Å²) in [6.07, 6.45) is 2.40. The average Bonchev–Trinajstić information content (AvgIpc) is 2.64. The summed E-state index contributed by atoms with van der Waals surface area (Å²) in [6, 6.07) is 3.93. The molecule has 1 N–H and O–H groups in total. The number of carboxylic acids is 1. The van der Waals surface area contributed by atoms with Gasteiger partial charge in [-0.2, -0.15) is 0 Å². The molecule has 2 aromatic heterocycles. The number of carbonyl (C=O) groups is 1. The predicted molar refractivity (Wildman–Crippen MR) is 73.2 cm³/mol. The summed E-state index contributed by atoms with van der Waals surface area (Å²) < 4.78 is 2.68. The van der Waals surface area contributed by atoms with Gasteiger partial charge in [-0.3, -0.25) is 4.79 Å². The number of halogens is 1. The van der Waals surface area contributed by atoms with Crippen LogP contribution in [-0.4, -0.2) is 34.6 Å². The smallest absolute Gasteiger partial charge is 0.303 e. The molecule has 96 valence electrons. The maximum atomic E-state index is 10.6. The first kappa shape index (κ1) is 12.9. The average molecular weight is 312 g/mol. The fourth-order valence-corrected chi connectivity index (χ4v) is 2.49. The molecule has 0 saturated carbocycles. The van der Waals surface area contributed by atoms with Crippen LogP contribution in [0, 0.1) is 0 Å². The topological polar surface area (TPSA) is 57.8 Å². The van der Waals surface area contributed by atoms with Crippen LogP contribution in [0.4, 0.5) is 5.69 Å². The van der Waals surface area contributed by atoms with Gasteiger partial charge in [-0.05, 0) is 28.1 Å². The van der Waals surface area contributed by atoms with Crippen molar-refractivity contribution < 1.29 is 9.90 Å². The van der Waals surface area contributed by atoms with Crippen molar-refractivity contribution in [3.05, 3.63) is 28.8 Å². The van der Waals surface area contributed by atoms with E-state index >= 15 is 0 Å². The summed E-state index contributed by atoms with van der Waals surface area (Å²) in [6.45, 7) is 0. The Balaban J connectivity index is 2.51. The van der Waals surface area contributed by atoms with E-state index in [4.69, 9.17) is 5.11 Å². The Labute approximate surface area is 113 Å². The van der Waals surface area contributed by atoms with E-state index < -0.39 is 5.97 Å². The summed E-state index contributed by atoms with van der Waals surface area (Å²) in [4.78, 5) is 17.0. The van der Waals surface area contributed by atoms with Crippen LogP contribution in [-0.2, 0) is 11.2 Å². The summed E-state index contributed by atoms with van der Waals surface area (Å²) in [5, 5.41) is 8.74. The molecule has 5 nitrogen and oxygen atoms in total. The Morgan fingerprint density at radius 2 is 2.28 bits per heavy atom. The van der Waals surface area contributed by atoms with E-state index in [-0.39, 0.29) is 6.42 Å². The molecule has 0 amide bonds. The van der Waals surface area contributed by atoms with Gasteiger partial charge in [-0.15, -0.1) is 0 Å². The van der Waals surface area contributed by atoms with E-state index in [9.17, 15) is 4.79 Å². The number of rotatable bonds is 4. The Morgan fingerprint density at radius 1 is 1.56 bits per heavy atom. The fourth-order valence-electron chi connectivity index (χ4n) is 1.89. The number of aryl methyl sites for hydroxylation is 1.